The van der Waals surface area contributed by atoms with Gasteiger partial charge in [0.05, 0.1) is 18.3 Å². The lowest BCUT2D eigenvalue weighted by atomic mass is 10.1. The van der Waals surface area contributed by atoms with E-state index in [1.54, 1.807) is 0 Å². The number of hydrogen-bond donors (Lipinski definition) is 0. The smallest absolute Gasteiger partial charge is 0.389 e. The summed E-state index contributed by atoms with van der Waals surface area (Å²) in [4.78, 5) is 2.18. The van der Waals surface area contributed by atoms with Crippen molar-refractivity contribution in [1.29, 1.82) is 0 Å². The van der Waals surface area contributed by atoms with Crippen LogP contribution in [0.2, 0.25) is 0 Å². The molecular formula is C13H18F3N3OS. The van der Waals surface area contributed by atoms with Crippen molar-refractivity contribution in [2.45, 2.75) is 31.9 Å². The summed E-state index contributed by atoms with van der Waals surface area (Å²) in [7, 11) is 2.03. The van der Waals surface area contributed by atoms with Crippen LogP contribution in [0.3, 0.4) is 0 Å². The zero-order valence-electron chi connectivity index (χ0n) is 11.8. The van der Waals surface area contributed by atoms with E-state index >= 15 is 0 Å². The average Bonchev–Trinajstić information content (AvgIpc) is 2.85. The van der Waals surface area contributed by atoms with Crippen molar-refractivity contribution in [2.24, 2.45) is 0 Å². The largest absolute Gasteiger partial charge is 0.475 e. The predicted molar refractivity (Wildman–Crippen MR) is 75.4 cm³/mol. The zero-order chi connectivity index (χ0) is 15.3. The molecule has 0 saturated carbocycles. The van der Waals surface area contributed by atoms with E-state index in [0.717, 1.165) is 42.5 Å². The summed E-state index contributed by atoms with van der Waals surface area (Å²) in [6.45, 7) is 2.03. The van der Waals surface area contributed by atoms with Gasteiger partial charge in [0.15, 0.2) is 0 Å². The lowest BCUT2D eigenvalue weighted by molar-refractivity contribution is -0.135. The molecule has 2 heterocycles. The first-order valence-electron chi connectivity index (χ1n) is 6.86. The topological polar surface area (TPSA) is 38.2 Å². The van der Waals surface area contributed by atoms with Crippen molar-refractivity contribution < 1.29 is 17.9 Å². The van der Waals surface area contributed by atoms with Crippen molar-refractivity contribution in [1.82, 2.24) is 13.6 Å². The van der Waals surface area contributed by atoms with Crippen LogP contribution in [-0.2, 0) is 0 Å². The van der Waals surface area contributed by atoms with Crippen LogP contribution in [-0.4, -0.2) is 46.6 Å². The van der Waals surface area contributed by atoms with Crippen molar-refractivity contribution in [2.75, 3.05) is 26.7 Å². The van der Waals surface area contributed by atoms with Gasteiger partial charge in [-0.2, -0.15) is 17.5 Å². The molecule has 1 aromatic rings. The number of likely N-dealkylation sites (N-methyl/N-ethyl adjacent to an activating group) is 1. The number of halogens is 3. The lowest BCUT2D eigenvalue weighted by Gasteiger charge is -2.22. The minimum absolute atomic E-state index is 0.0713. The second-order valence-electron chi connectivity index (χ2n) is 5.09. The molecule has 0 spiro atoms. The Kier molecular flexibility index (Phi) is 5.58. The fourth-order valence-electron chi connectivity index (χ4n) is 2.13. The first-order chi connectivity index (χ1) is 9.96. The maximum atomic E-state index is 12.0. The van der Waals surface area contributed by atoms with Gasteiger partial charge in [0, 0.05) is 19.5 Å². The Morgan fingerprint density at radius 2 is 2.14 bits per heavy atom. The molecular weight excluding hydrogens is 303 g/mol. The van der Waals surface area contributed by atoms with Crippen molar-refractivity contribution in [3.63, 3.8) is 0 Å². The van der Waals surface area contributed by atoms with Gasteiger partial charge in [-0.15, -0.1) is 4.37 Å². The lowest BCUT2D eigenvalue weighted by Crippen LogP contribution is -2.25. The highest BCUT2D eigenvalue weighted by molar-refractivity contribution is 6.99. The molecule has 0 fully saturated rings. The van der Waals surface area contributed by atoms with E-state index in [1.807, 2.05) is 7.05 Å². The van der Waals surface area contributed by atoms with Gasteiger partial charge in [0.25, 0.3) is 5.88 Å². The third kappa shape index (κ3) is 5.28. The molecule has 0 N–H and O–H groups in total. The third-order valence-corrected chi connectivity index (χ3v) is 3.71. The molecule has 0 atom stereocenters. The molecule has 0 bridgehead atoms. The van der Waals surface area contributed by atoms with Gasteiger partial charge in [-0.3, -0.25) is 0 Å². The molecule has 1 aromatic heterocycles. The summed E-state index contributed by atoms with van der Waals surface area (Å²) in [5.41, 5.74) is 1.80. The maximum absolute atomic E-state index is 12.0. The Hall–Kier alpha value is -1.15. The molecule has 2 rings (SSSR count). The SMILES string of the molecule is CN1CCC=C(c2nsnc2OCCCCC(F)(F)F)C1. The molecule has 118 valence electrons. The minimum atomic E-state index is -4.09. The van der Waals surface area contributed by atoms with Gasteiger partial charge < -0.3 is 9.64 Å². The highest BCUT2D eigenvalue weighted by Gasteiger charge is 2.26. The van der Waals surface area contributed by atoms with E-state index in [0.29, 0.717) is 12.3 Å². The van der Waals surface area contributed by atoms with Gasteiger partial charge in [-0.1, -0.05) is 6.08 Å². The molecule has 0 amide bonds. The maximum Gasteiger partial charge on any atom is 0.389 e. The van der Waals surface area contributed by atoms with E-state index in [-0.39, 0.29) is 13.0 Å². The molecule has 4 nitrogen and oxygen atoms in total. The first kappa shape index (κ1) is 16.2. The molecule has 21 heavy (non-hydrogen) atoms. The fraction of sp³-hybridized carbons (Fsp3) is 0.692. The van der Waals surface area contributed by atoms with Gasteiger partial charge in [0.1, 0.15) is 5.69 Å². The van der Waals surface area contributed by atoms with E-state index in [9.17, 15) is 13.2 Å². The Balaban J connectivity index is 1.82. The van der Waals surface area contributed by atoms with E-state index in [1.165, 1.54) is 0 Å². The van der Waals surface area contributed by atoms with Gasteiger partial charge in [-0.25, -0.2) is 0 Å². The minimum Gasteiger partial charge on any atom is -0.475 e. The summed E-state index contributed by atoms with van der Waals surface area (Å²) in [6.07, 6.45) is -1.36. The van der Waals surface area contributed by atoms with E-state index in [4.69, 9.17) is 4.74 Å². The van der Waals surface area contributed by atoms with Crippen molar-refractivity contribution >= 4 is 17.3 Å². The summed E-state index contributed by atoms with van der Waals surface area (Å²) in [5.74, 6) is 0.438. The number of nitrogens with zero attached hydrogens (tertiary/aromatic N) is 3. The third-order valence-electron chi connectivity index (χ3n) is 3.20. The zero-order valence-corrected chi connectivity index (χ0v) is 12.6. The first-order valence-corrected chi connectivity index (χ1v) is 7.59. The average molecular weight is 321 g/mol. The van der Waals surface area contributed by atoms with Gasteiger partial charge in [0.2, 0.25) is 0 Å². The van der Waals surface area contributed by atoms with Crippen LogP contribution >= 0.6 is 11.7 Å². The van der Waals surface area contributed by atoms with Crippen LogP contribution in [0.5, 0.6) is 5.88 Å². The predicted octanol–water partition coefficient (Wildman–Crippen LogP) is 3.37. The molecule has 1 aliphatic rings. The highest BCUT2D eigenvalue weighted by Crippen LogP contribution is 2.27. The molecule has 0 saturated heterocycles. The summed E-state index contributed by atoms with van der Waals surface area (Å²) >= 11 is 1.06. The Morgan fingerprint density at radius 3 is 2.86 bits per heavy atom. The Labute approximate surface area is 125 Å². The summed E-state index contributed by atoms with van der Waals surface area (Å²) in [6, 6.07) is 0. The molecule has 0 unspecified atom stereocenters. The molecule has 0 aliphatic carbocycles. The van der Waals surface area contributed by atoms with Crippen LogP contribution in [0.25, 0.3) is 5.57 Å². The van der Waals surface area contributed by atoms with Crippen LogP contribution in [0, 0.1) is 0 Å². The molecule has 1 aliphatic heterocycles. The van der Waals surface area contributed by atoms with Gasteiger partial charge >= 0.3 is 6.18 Å². The van der Waals surface area contributed by atoms with Crippen LogP contribution in [0.15, 0.2) is 6.08 Å². The normalized spacial score (nSPS) is 16.9. The molecule has 0 radical (unpaired) electrons. The number of hydrogen-bond acceptors (Lipinski definition) is 5. The van der Waals surface area contributed by atoms with Crippen molar-refractivity contribution in [3.8, 4) is 5.88 Å². The Morgan fingerprint density at radius 1 is 1.33 bits per heavy atom. The summed E-state index contributed by atoms with van der Waals surface area (Å²) in [5, 5.41) is 0. The highest BCUT2D eigenvalue weighted by atomic mass is 32.1. The van der Waals surface area contributed by atoms with E-state index in [2.05, 4.69) is 19.7 Å². The summed E-state index contributed by atoms with van der Waals surface area (Å²) < 4.78 is 49.9. The number of unbranched alkanes of at least 4 members (excludes halogenated alkanes) is 1. The van der Waals surface area contributed by atoms with Crippen molar-refractivity contribution in [3.05, 3.63) is 11.8 Å². The van der Waals surface area contributed by atoms with Gasteiger partial charge in [-0.05, 0) is 31.9 Å². The van der Waals surface area contributed by atoms with Crippen LogP contribution in [0.4, 0.5) is 13.2 Å². The number of alkyl halides is 3. The van der Waals surface area contributed by atoms with Crippen LogP contribution < -0.4 is 4.74 Å². The number of rotatable bonds is 6. The second kappa shape index (κ2) is 7.22. The monoisotopic (exact) mass is 321 g/mol. The quantitative estimate of drug-likeness (QED) is 0.753. The molecule has 0 aromatic carbocycles. The fourth-order valence-corrected chi connectivity index (χ4v) is 2.66. The van der Waals surface area contributed by atoms with Crippen LogP contribution in [0.1, 0.15) is 31.4 Å². The number of ether oxygens (including phenoxy) is 1. The Bertz CT molecular complexity index is 487. The second-order valence-corrected chi connectivity index (χ2v) is 5.62. The standard InChI is InChI=1S/C13H18F3N3OS/c1-19-7-4-5-10(9-19)11-12(18-21-17-11)20-8-3-2-6-13(14,15)16/h5H,2-4,6-9H2,1H3. The number of aromatic nitrogens is 2. The van der Waals surface area contributed by atoms with E-state index < -0.39 is 12.6 Å². The molecule has 8 heteroatoms.